The zero-order valence-corrected chi connectivity index (χ0v) is 12.5. The van der Waals surface area contributed by atoms with Crippen LogP contribution in [-0.2, 0) is 21.1 Å². The lowest BCUT2D eigenvalue weighted by Crippen LogP contribution is -2.33. The SMILES string of the molecule is O=C(CCC(=O)OCn1cc(F)c(=O)[nH]c1=O)NC1CCCC1. The number of ether oxygens (including phenoxy) is 1. The maximum atomic E-state index is 13.0. The van der Waals surface area contributed by atoms with Gasteiger partial charge in [0.25, 0.3) is 5.56 Å². The second kappa shape index (κ2) is 7.70. The number of rotatable bonds is 6. The molecule has 0 aromatic carbocycles. The fourth-order valence-electron chi connectivity index (χ4n) is 2.38. The second-order valence-electron chi connectivity index (χ2n) is 5.40. The smallest absolute Gasteiger partial charge is 0.331 e. The highest BCUT2D eigenvalue weighted by atomic mass is 19.1. The van der Waals surface area contributed by atoms with Gasteiger partial charge in [0, 0.05) is 12.5 Å². The average Bonchev–Trinajstić information content (AvgIpc) is 3.00. The molecule has 8 nitrogen and oxygen atoms in total. The molecular weight excluding hydrogens is 309 g/mol. The van der Waals surface area contributed by atoms with Crippen molar-refractivity contribution >= 4 is 11.9 Å². The summed E-state index contributed by atoms with van der Waals surface area (Å²) in [5.41, 5.74) is -2.02. The lowest BCUT2D eigenvalue weighted by atomic mass is 10.2. The van der Waals surface area contributed by atoms with Crippen molar-refractivity contribution in [2.75, 3.05) is 0 Å². The van der Waals surface area contributed by atoms with Gasteiger partial charge in [-0.05, 0) is 12.8 Å². The summed E-state index contributed by atoms with van der Waals surface area (Å²) in [5, 5.41) is 2.84. The van der Waals surface area contributed by atoms with Crippen LogP contribution in [0.4, 0.5) is 4.39 Å². The van der Waals surface area contributed by atoms with Crippen LogP contribution in [0, 0.1) is 5.82 Å². The Morgan fingerprint density at radius 1 is 1.30 bits per heavy atom. The third-order valence-corrected chi connectivity index (χ3v) is 3.61. The molecule has 0 atom stereocenters. The Balaban J connectivity index is 1.74. The number of hydrogen-bond acceptors (Lipinski definition) is 5. The van der Waals surface area contributed by atoms with Crippen LogP contribution in [0.25, 0.3) is 0 Å². The summed E-state index contributed by atoms with van der Waals surface area (Å²) in [6, 6.07) is 0.182. The Kier molecular flexibility index (Phi) is 5.67. The molecule has 1 heterocycles. The molecule has 9 heteroatoms. The minimum absolute atomic E-state index is 0.00971. The van der Waals surface area contributed by atoms with Gasteiger partial charge >= 0.3 is 11.7 Å². The summed E-state index contributed by atoms with van der Waals surface area (Å²) in [7, 11) is 0. The highest BCUT2D eigenvalue weighted by Gasteiger charge is 2.17. The van der Waals surface area contributed by atoms with E-state index in [-0.39, 0.29) is 24.8 Å². The molecule has 1 fully saturated rings. The molecule has 23 heavy (non-hydrogen) atoms. The second-order valence-corrected chi connectivity index (χ2v) is 5.40. The van der Waals surface area contributed by atoms with Crippen molar-refractivity contribution in [1.82, 2.24) is 14.9 Å². The van der Waals surface area contributed by atoms with Crippen LogP contribution in [0.15, 0.2) is 15.8 Å². The van der Waals surface area contributed by atoms with E-state index in [9.17, 15) is 23.6 Å². The summed E-state index contributed by atoms with van der Waals surface area (Å²) in [4.78, 5) is 47.1. The molecule has 126 valence electrons. The number of aromatic nitrogens is 2. The lowest BCUT2D eigenvalue weighted by molar-refractivity contribution is -0.148. The fourth-order valence-corrected chi connectivity index (χ4v) is 2.38. The van der Waals surface area contributed by atoms with Gasteiger partial charge < -0.3 is 10.1 Å². The normalized spacial score (nSPS) is 14.7. The van der Waals surface area contributed by atoms with Crippen molar-refractivity contribution in [3.05, 3.63) is 32.9 Å². The molecule has 2 N–H and O–H groups in total. The average molecular weight is 327 g/mol. The molecule has 2 rings (SSSR count). The lowest BCUT2D eigenvalue weighted by Gasteiger charge is -2.11. The van der Waals surface area contributed by atoms with E-state index in [2.05, 4.69) is 5.32 Å². The van der Waals surface area contributed by atoms with E-state index in [1.54, 1.807) is 4.98 Å². The first-order chi connectivity index (χ1) is 11.0. The number of halogens is 1. The van der Waals surface area contributed by atoms with Crippen molar-refractivity contribution in [1.29, 1.82) is 0 Å². The molecule has 1 saturated carbocycles. The van der Waals surface area contributed by atoms with Gasteiger partial charge in [0.1, 0.15) is 0 Å². The van der Waals surface area contributed by atoms with Crippen molar-refractivity contribution in [2.45, 2.75) is 51.3 Å². The number of aromatic amines is 1. The summed E-state index contributed by atoms with van der Waals surface area (Å²) in [6.07, 6.45) is 4.60. The third-order valence-electron chi connectivity index (χ3n) is 3.61. The Morgan fingerprint density at radius 2 is 2.00 bits per heavy atom. The first-order valence-electron chi connectivity index (χ1n) is 7.40. The first kappa shape index (κ1) is 16.9. The first-order valence-corrected chi connectivity index (χ1v) is 7.40. The van der Waals surface area contributed by atoms with Crippen molar-refractivity contribution in [3.63, 3.8) is 0 Å². The molecule has 1 aliphatic carbocycles. The molecule has 1 aromatic rings. The minimum Gasteiger partial charge on any atom is -0.444 e. The largest absolute Gasteiger partial charge is 0.444 e. The van der Waals surface area contributed by atoms with Gasteiger partial charge in [-0.1, -0.05) is 12.8 Å². The van der Waals surface area contributed by atoms with Gasteiger partial charge in [-0.25, -0.2) is 4.79 Å². The van der Waals surface area contributed by atoms with Crippen LogP contribution in [-0.4, -0.2) is 27.5 Å². The van der Waals surface area contributed by atoms with Crippen LogP contribution < -0.4 is 16.6 Å². The zero-order chi connectivity index (χ0) is 16.8. The van der Waals surface area contributed by atoms with Gasteiger partial charge in [0.2, 0.25) is 11.7 Å². The standard InChI is InChI=1S/C14H18FN3O5/c15-10-7-18(14(22)17-13(10)21)8-23-12(20)6-5-11(19)16-9-3-1-2-4-9/h7,9H,1-6,8H2,(H,16,19)(H,17,21,22). The van der Waals surface area contributed by atoms with Gasteiger partial charge in [-0.3, -0.25) is 23.9 Å². The molecular formula is C14H18FN3O5. The van der Waals surface area contributed by atoms with E-state index in [1.165, 1.54) is 0 Å². The van der Waals surface area contributed by atoms with Crippen LogP contribution in [0.2, 0.25) is 0 Å². The van der Waals surface area contributed by atoms with E-state index >= 15 is 0 Å². The number of H-pyrrole nitrogens is 1. The van der Waals surface area contributed by atoms with Gasteiger partial charge in [0.05, 0.1) is 12.6 Å². The quantitative estimate of drug-likeness (QED) is 0.716. The van der Waals surface area contributed by atoms with E-state index < -0.39 is 29.8 Å². The summed E-state index contributed by atoms with van der Waals surface area (Å²) >= 11 is 0. The fraction of sp³-hybridized carbons (Fsp3) is 0.571. The van der Waals surface area contributed by atoms with Crippen LogP contribution in [0.1, 0.15) is 38.5 Å². The number of amides is 1. The number of esters is 1. The van der Waals surface area contributed by atoms with E-state index in [4.69, 9.17) is 4.74 Å². The number of carbonyl (C=O) groups excluding carboxylic acids is 2. The maximum Gasteiger partial charge on any atom is 0.331 e. The number of nitrogens with zero attached hydrogens (tertiary/aromatic N) is 1. The summed E-state index contributed by atoms with van der Waals surface area (Å²) in [5.74, 6) is -2.07. The Labute approximate surface area is 130 Å². The number of hydrogen-bond donors (Lipinski definition) is 2. The van der Waals surface area contributed by atoms with E-state index in [0.717, 1.165) is 25.7 Å². The van der Waals surface area contributed by atoms with Gasteiger partial charge in [-0.15, -0.1) is 0 Å². The van der Waals surface area contributed by atoms with Gasteiger partial charge in [-0.2, -0.15) is 4.39 Å². The molecule has 0 bridgehead atoms. The third kappa shape index (κ3) is 5.04. The van der Waals surface area contributed by atoms with Crippen molar-refractivity contribution in [2.24, 2.45) is 0 Å². The molecule has 1 aromatic heterocycles. The molecule has 0 radical (unpaired) electrons. The predicted molar refractivity (Wildman–Crippen MR) is 77.0 cm³/mol. The molecule has 0 unspecified atom stereocenters. The topological polar surface area (TPSA) is 110 Å². The number of nitrogens with one attached hydrogen (secondary N) is 2. The highest BCUT2D eigenvalue weighted by Crippen LogP contribution is 2.17. The van der Waals surface area contributed by atoms with Crippen molar-refractivity contribution < 1.29 is 18.7 Å². The molecule has 0 saturated heterocycles. The molecule has 1 amide bonds. The predicted octanol–water partition coefficient (Wildman–Crippen LogP) is 0.0154. The molecule has 0 spiro atoms. The monoisotopic (exact) mass is 327 g/mol. The zero-order valence-electron chi connectivity index (χ0n) is 12.5. The maximum absolute atomic E-state index is 13.0. The molecule has 1 aliphatic rings. The molecule has 0 aliphatic heterocycles. The van der Waals surface area contributed by atoms with Crippen LogP contribution >= 0.6 is 0 Å². The van der Waals surface area contributed by atoms with Crippen LogP contribution in [0.5, 0.6) is 0 Å². The summed E-state index contributed by atoms with van der Waals surface area (Å²) in [6.45, 7) is -0.532. The van der Waals surface area contributed by atoms with Crippen LogP contribution in [0.3, 0.4) is 0 Å². The van der Waals surface area contributed by atoms with E-state index in [1.807, 2.05) is 0 Å². The highest BCUT2D eigenvalue weighted by molar-refractivity contribution is 5.81. The minimum atomic E-state index is -1.16. The Bertz CT molecular complexity index is 690. The number of carbonyl (C=O) groups is 2. The Hall–Kier alpha value is -2.45. The summed E-state index contributed by atoms with van der Waals surface area (Å²) < 4.78 is 18.5. The van der Waals surface area contributed by atoms with E-state index in [0.29, 0.717) is 10.8 Å². The Morgan fingerprint density at radius 3 is 2.70 bits per heavy atom. The van der Waals surface area contributed by atoms with Gasteiger partial charge in [0.15, 0.2) is 6.73 Å². The van der Waals surface area contributed by atoms with Crippen molar-refractivity contribution in [3.8, 4) is 0 Å².